The molecule has 5 heteroatoms. The maximum atomic E-state index is 5.80. The van der Waals surface area contributed by atoms with Gasteiger partial charge in [-0.15, -0.1) is 24.0 Å². The normalized spacial score (nSPS) is 12.3. The number of rotatable bonds is 2. The average molecular weight is 373 g/mol. The molecule has 0 radical (unpaired) electrons. The molecule has 1 heterocycles. The first-order valence-electron chi connectivity index (χ1n) is 6.00. The number of benzene rings is 1. The molecule has 2 aromatic rings. The van der Waals surface area contributed by atoms with Gasteiger partial charge in [-0.1, -0.05) is 18.2 Å². The number of nitrogens with zero attached hydrogens (tertiary/aromatic N) is 1. The van der Waals surface area contributed by atoms with Gasteiger partial charge in [-0.25, -0.2) is 4.99 Å². The van der Waals surface area contributed by atoms with Gasteiger partial charge in [0.25, 0.3) is 0 Å². The molecule has 0 amide bonds. The first-order chi connectivity index (χ1) is 8.44. The van der Waals surface area contributed by atoms with Gasteiger partial charge in [0, 0.05) is 10.9 Å². The molecule has 1 aromatic carbocycles. The molecule has 0 aliphatic carbocycles. The molecule has 0 atom stereocenters. The summed E-state index contributed by atoms with van der Waals surface area (Å²) in [5.74, 6) is 1.25. The molecule has 0 bridgehead atoms. The summed E-state index contributed by atoms with van der Waals surface area (Å²) in [5.41, 5.74) is 6.60. The number of guanidine groups is 1. The quantitative estimate of drug-likeness (QED) is 0.483. The van der Waals surface area contributed by atoms with Gasteiger partial charge in [0.1, 0.15) is 17.9 Å². The number of para-hydroxylation sites is 1. The van der Waals surface area contributed by atoms with Gasteiger partial charge in [0.2, 0.25) is 0 Å². The summed E-state index contributed by atoms with van der Waals surface area (Å²) in [6.07, 6.45) is 0. The topological polar surface area (TPSA) is 63.5 Å². The zero-order valence-corrected chi connectivity index (χ0v) is 13.8. The van der Waals surface area contributed by atoms with E-state index in [2.05, 4.69) is 10.3 Å². The minimum absolute atomic E-state index is 0. The van der Waals surface area contributed by atoms with Crippen molar-refractivity contribution >= 4 is 40.9 Å². The lowest BCUT2D eigenvalue weighted by Crippen LogP contribution is -2.44. The second kappa shape index (κ2) is 6.27. The molecule has 2 rings (SSSR count). The predicted octanol–water partition coefficient (Wildman–Crippen LogP) is 3.25. The first-order valence-corrected chi connectivity index (χ1v) is 6.00. The zero-order chi connectivity index (χ0) is 13.2. The van der Waals surface area contributed by atoms with Crippen LogP contribution in [0.3, 0.4) is 0 Å². The highest BCUT2D eigenvalue weighted by Crippen LogP contribution is 2.19. The second-order valence-electron chi connectivity index (χ2n) is 5.33. The lowest BCUT2D eigenvalue weighted by molar-refractivity contribution is 0.505. The van der Waals surface area contributed by atoms with Gasteiger partial charge >= 0.3 is 0 Å². The molecule has 19 heavy (non-hydrogen) atoms. The highest BCUT2D eigenvalue weighted by Gasteiger charge is 2.10. The maximum Gasteiger partial charge on any atom is 0.189 e. The van der Waals surface area contributed by atoms with Gasteiger partial charge in [-0.2, -0.15) is 0 Å². The number of halogens is 1. The van der Waals surface area contributed by atoms with Gasteiger partial charge < -0.3 is 15.5 Å². The van der Waals surface area contributed by atoms with Gasteiger partial charge in [-0.05, 0) is 32.9 Å². The van der Waals surface area contributed by atoms with E-state index < -0.39 is 0 Å². The minimum Gasteiger partial charge on any atom is -0.459 e. The number of nitrogens with one attached hydrogen (secondary N) is 1. The fourth-order valence-corrected chi connectivity index (χ4v) is 1.70. The Morgan fingerprint density at radius 3 is 2.63 bits per heavy atom. The Morgan fingerprint density at radius 1 is 1.32 bits per heavy atom. The van der Waals surface area contributed by atoms with E-state index >= 15 is 0 Å². The Hall–Kier alpha value is -1.24. The third-order valence-electron chi connectivity index (χ3n) is 2.38. The molecule has 3 N–H and O–H groups in total. The number of furan rings is 1. The molecule has 0 aliphatic rings. The van der Waals surface area contributed by atoms with Crippen LogP contribution in [-0.2, 0) is 6.54 Å². The van der Waals surface area contributed by atoms with Crippen molar-refractivity contribution in [1.82, 2.24) is 5.32 Å². The number of fused-ring (bicyclic) bond motifs is 1. The SMILES string of the molecule is CC(C)(C)NC(N)=NCc1cc2ccccc2o1.I. The summed E-state index contributed by atoms with van der Waals surface area (Å²) in [5, 5.41) is 4.20. The lowest BCUT2D eigenvalue weighted by Gasteiger charge is -2.20. The highest BCUT2D eigenvalue weighted by atomic mass is 127. The first kappa shape index (κ1) is 15.8. The minimum atomic E-state index is -0.0819. The Labute approximate surface area is 130 Å². The van der Waals surface area contributed by atoms with Crippen molar-refractivity contribution in [2.24, 2.45) is 10.7 Å². The van der Waals surface area contributed by atoms with E-state index in [9.17, 15) is 0 Å². The summed E-state index contributed by atoms with van der Waals surface area (Å²) in [4.78, 5) is 4.26. The van der Waals surface area contributed by atoms with E-state index in [4.69, 9.17) is 10.2 Å². The average Bonchev–Trinajstić information content (AvgIpc) is 2.66. The van der Waals surface area contributed by atoms with Crippen LogP contribution < -0.4 is 11.1 Å². The van der Waals surface area contributed by atoms with E-state index in [0.29, 0.717) is 12.5 Å². The molecular weight excluding hydrogens is 353 g/mol. The van der Waals surface area contributed by atoms with Crippen LogP contribution in [0.1, 0.15) is 26.5 Å². The van der Waals surface area contributed by atoms with Crippen LogP contribution in [0.25, 0.3) is 11.0 Å². The second-order valence-corrected chi connectivity index (χ2v) is 5.33. The fourth-order valence-electron chi connectivity index (χ4n) is 1.70. The standard InChI is InChI=1S/C14H19N3O.HI/c1-14(2,3)17-13(15)16-9-11-8-10-6-4-5-7-12(10)18-11;/h4-8H,9H2,1-3H3,(H3,15,16,17);1H. The Balaban J connectivity index is 0.00000180. The van der Waals surface area contributed by atoms with Crippen molar-refractivity contribution in [2.45, 2.75) is 32.9 Å². The van der Waals surface area contributed by atoms with Crippen molar-refractivity contribution < 1.29 is 4.42 Å². The van der Waals surface area contributed by atoms with Gasteiger partial charge in [0.15, 0.2) is 5.96 Å². The number of hydrogen-bond donors (Lipinski definition) is 2. The van der Waals surface area contributed by atoms with Gasteiger partial charge in [-0.3, -0.25) is 0 Å². The van der Waals surface area contributed by atoms with Crippen LogP contribution in [0.5, 0.6) is 0 Å². The number of nitrogens with two attached hydrogens (primary N) is 1. The van der Waals surface area contributed by atoms with E-state index in [1.807, 2.05) is 51.1 Å². The van der Waals surface area contributed by atoms with E-state index in [1.54, 1.807) is 0 Å². The van der Waals surface area contributed by atoms with Crippen molar-refractivity contribution in [3.8, 4) is 0 Å². The third kappa shape index (κ3) is 4.74. The molecule has 4 nitrogen and oxygen atoms in total. The summed E-state index contributed by atoms with van der Waals surface area (Å²) < 4.78 is 5.66. The van der Waals surface area contributed by atoms with Crippen LogP contribution in [0.4, 0.5) is 0 Å². The summed E-state index contributed by atoms with van der Waals surface area (Å²) >= 11 is 0. The van der Waals surface area contributed by atoms with E-state index in [-0.39, 0.29) is 29.5 Å². The predicted molar refractivity (Wildman–Crippen MR) is 89.8 cm³/mol. The molecular formula is C14H20IN3O. The molecule has 1 aromatic heterocycles. The Morgan fingerprint density at radius 2 is 2.00 bits per heavy atom. The number of hydrogen-bond acceptors (Lipinski definition) is 2. The molecule has 0 saturated heterocycles. The van der Waals surface area contributed by atoms with Crippen molar-refractivity contribution in [3.05, 3.63) is 36.1 Å². The van der Waals surface area contributed by atoms with E-state index in [1.165, 1.54) is 0 Å². The van der Waals surface area contributed by atoms with Crippen LogP contribution in [0.15, 0.2) is 39.7 Å². The Bertz CT molecular complexity index is 536. The molecule has 104 valence electrons. The van der Waals surface area contributed by atoms with Crippen molar-refractivity contribution in [3.63, 3.8) is 0 Å². The lowest BCUT2D eigenvalue weighted by atomic mass is 10.1. The zero-order valence-electron chi connectivity index (χ0n) is 11.4. The summed E-state index contributed by atoms with van der Waals surface area (Å²) in [6, 6.07) is 9.89. The molecule has 0 saturated carbocycles. The maximum absolute atomic E-state index is 5.80. The Kier molecular flexibility index (Phi) is 5.22. The van der Waals surface area contributed by atoms with Crippen LogP contribution in [0.2, 0.25) is 0 Å². The smallest absolute Gasteiger partial charge is 0.189 e. The number of aliphatic imine (C=N–C) groups is 1. The highest BCUT2D eigenvalue weighted by molar-refractivity contribution is 14.0. The van der Waals surface area contributed by atoms with Crippen molar-refractivity contribution in [1.29, 1.82) is 0 Å². The summed E-state index contributed by atoms with van der Waals surface area (Å²) in [7, 11) is 0. The van der Waals surface area contributed by atoms with Crippen molar-refractivity contribution in [2.75, 3.05) is 0 Å². The van der Waals surface area contributed by atoms with Crippen LogP contribution in [0, 0.1) is 0 Å². The van der Waals surface area contributed by atoms with Crippen LogP contribution in [-0.4, -0.2) is 11.5 Å². The largest absolute Gasteiger partial charge is 0.459 e. The van der Waals surface area contributed by atoms with E-state index in [0.717, 1.165) is 16.7 Å². The summed E-state index contributed by atoms with van der Waals surface area (Å²) in [6.45, 7) is 6.56. The van der Waals surface area contributed by atoms with Gasteiger partial charge in [0.05, 0.1) is 0 Å². The van der Waals surface area contributed by atoms with Crippen LogP contribution >= 0.6 is 24.0 Å². The molecule has 0 fully saturated rings. The third-order valence-corrected chi connectivity index (χ3v) is 2.38. The fraction of sp³-hybridized carbons (Fsp3) is 0.357. The molecule has 0 aliphatic heterocycles. The molecule has 0 spiro atoms. The molecule has 0 unspecified atom stereocenters. The monoisotopic (exact) mass is 373 g/mol.